The Hall–Kier alpha value is -1.47. The number of aliphatic hydroxyl groups excluding tert-OH is 4. The average Bonchev–Trinajstić information content (AvgIpc) is 3.04. The summed E-state index contributed by atoms with van der Waals surface area (Å²) < 4.78 is 0. The van der Waals surface area contributed by atoms with Crippen molar-refractivity contribution in [2.24, 2.45) is 0 Å². The second kappa shape index (κ2) is 33.9. The Balaban J connectivity index is 3.88. The van der Waals surface area contributed by atoms with E-state index in [2.05, 4.69) is 55.6 Å². The molecule has 6 heteroatoms. The molecule has 0 aromatic carbocycles. The van der Waals surface area contributed by atoms with Gasteiger partial charge < -0.3 is 25.7 Å². The van der Waals surface area contributed by atoms with Gasteiger partial charge >= 0.3 is 0 Å². The number of amides is 1. The van der Waals surface area contributed by atoms with Crippen LogP contribution < -0.4 is 5.32 Å². The lowest BCUT2D eigenvalue weighted by molar-refractivity contribution is -0.132. The summed E-state index contributed by atoms with van der Waals surface area (Å²) in [6.45, 7) is 3.97. The quantitative estimate of drug-likeness (QED) is 0.0365. The summed E-state index contributed by atoms with van der Waals surface area (Å²) >= 11 is 0. The van der Waals surface area contributed by atoms with Crippen LogP contribution in [0.2, 0.25) is 0 Å². The molecule has 0 radical (unpaired) electrons. The highest BCUT2D eigenvalue weighted by Crippen LogP contribution is 2.13. The van der Waals surface area contributed by atoms with Crippen molar-refractivity contribution in [2.45, 2.75) is 199 Å². The first kappa shape index (κ1) is 43.5. The van der Waals surface area contributed by atoms with Crippen LogP contribution in [0.25, 0.3) is 0 Å². The monoisotopic (exact) mass is 636 g/mol. The van der Waals surface area contributed by atoms with Crippen LogP contribution in [0.5, 0.6) is 0 Å². The minimum absolute atomic E-state index is 0.345. The molecule has 0 fully saturated rings. The first-order valence-corrected chi connectivity index (χ1v) is 18.9. The summed E-state index contributed by atoms with van der Waals surface area (Å²) in [5.41, 5.74) is 0. The van der Waals surface area contributed by atoms with Gasteiger partial charge in [-0.1, -0.05) is 134 Å². The molecule has 4 unspecified atom stereocenters. The molecule has 0 rings (SSSR count). The van der Waals surface area contributed by atoms with E-state index in [0.717, 1.165) is 57.8 Å². The van der Waals surface area contributed by atoms with E-state index in [1.165, 1.54) is 83.5 Å². The topological polar surface area (TPSA) is 110 Å². The number of rotatable bonds is 33. The van der Waals surface area contributed by atoms with Gasteiger partial charge in [0, 0.05) is 0 Å². The second-order valence-corrected chi connectivity index (χ2v) is 12.9. The zero-order valence-electron chi connectivity index (χ0n) is 29.4. The van der Waals surface area contributed by atoms with Crippen LogP contribution in [-0.2, 0) is 4.79 Å². The fourth-order valence-electron chi connectivity index (χ4n) is 5.47. The number of hydrogen-bond donors (Lipinski definition) is 5. The SMILES string of the molecule is CCCCC/C=C/CC/C=C/CCCC(O)C(O)C(CO)NC(=O)C(O)CCCCCC/C=C\CCCCCCCCCCC. The third-order valence-corrected chi connectivity index (χ3v) is 8.55. The maximum Gasteiger partial charge on any atom is 0.249 e. The molecule has 4 atom stereocenters. The van der Waals surface area contributed by atoms with E-state index in [4.69, 9.17) is 0 Å². The summed E-state index contributed by atoms with van der Waals surface area (Å²) in [7, 11) is 0. The molecule has 0 aliphatic rings. The van der Waals surface area contributed by atoms with E-state index in [9.17, 15) is 25.2 Å². The fraction of sp³-hybridized carbons (Fsp3) is 0.821. The number of allylic oxidation sites excluding steroid dienone is 6. The fourth-order valence-corrected chi connectivity index (χ4v) is 5.47. The third-order valence-electron chi connectivity index (χ3n) is 8.55. The molecule has 0 saturated heterocycles. The molecule has 0 heterocycles. The number of unbranched alkanes of at least 4 members (excludes halogenated alkanes) is 18. The average molecular weight is 636 g/mol. The molecule has 264 valence electrons. The Labute approximate surface area is 277 Å². The number of carbonyl (C=O) groups excluding carboxylic acids is 1. The highest BCUT2D eigenvalue weighted by Gasteiger charge is 2.28. The Morgan fingerprint density at radius 2 is 0.933 bits per heavy atom. The van der Waals surface area contributed by atoms with Gasteiger partial charge in [-0.3, -0.25) is 4.79 Å². The second-order valence-electron chi connectivity index (χ2n) is 12.9. The van der Waals surface area contributed by atoms with Gasteiger partial charge in [-0.05, 0) is 77.0 Å². The molecular formula is C39H73NO5. The molecule has 0 aromatic rings. The minimum atomic E-state index is -1.29. The summed E-state index contributed by atoms with van der Waals surface area (Å²) in [5, 5.41) is 43.4. The zero-order valence-corrected chi connectivity index (χ0v) is 29.4. The molecule has 5 N–H and O–H groups in total. The predicted octanol–water partition coefficient (Wildman–Crippen LogP) is 9.01. The van der Waals surface area contributed by atoms with Crippen molar-refractivity contribution in [2.75, 3.05) is 6.61 Å². The van der Waals surface area contributed by atoms with Crippen LogP contribution >= 0.6 is 0 Å². The normalized spacial score (nSPS) is 14.9. The largest absolute Gasteiger partial charge is 0.394 e. The lowest BCUT2D eigenvalue weighted by Crippen LogP contribution is -2.53. The molecule has 0 aliphatic heterocycles. The van der Waals surface area contributed by atoms with Gasteiger partial charge in [-0.25, -0.2) is 0 Å². The maximum absolute atomic E-state index is 12.4. The number of hydrogen-bond acceptors (Lipinski definition) is 5. The molecule has 1 amide bonds. The Bertz CT molecular complexity index is 722. The van der Waals surface area contributed by atoms with Crippen molar-refractivity contribution in [3.63, 3.8) is 0 Å². The van der Waals surface area contributed by atoms with Gasteiger partial charge in [0.1, 0.15) is 12.2 Å². The van der Waals surface area contributed by atoms with Crippen LogP contribution in [0.4, 0.5) is 0 Å². The smallest absolute Gasteiger partial charge is 0.249 e. The summed E-state index contributed by atoms with van der Waals surface area (Å²) in [6.07, 6.45) is 37.4. The van der Waals surface area contributed by atoms with Crippen molar-refractivity contribution >= 4 is 5.91 Å². The molecule has 6 nitrogen and oxygen atoms in total. The molecule has 0 saturated carbocycles. The number of carbonyl (C=O) groups is 1. The molecule has 0 aliphatic carbocycles. The van der Waals surface area contributed by atoms with Gasteiger partial charge in [-0.15, -0.1) is 0 Å². The zero-order chi connectivity index (χ0) is 33.2. The first-order valence-electron chi connectivity index (χ1n) is 18.9. The number of nitrogens with one attached hydrogen (secondary N) is 1. The van der Waals surface area contributed by atoms with Crippen molar-refractivity contribution in [3.05, 3.63) is 36.5 Å². The highest BCUT2D eigenvalue weighted by molar-refractivity contribution is 5.80. The van der Waals surface area contributed by atoms with Gasteiger partial charge in [0.25, 0.3) is 0 Å². The van der Waals surface area contributed by atoms with Crippen LogP contribution in [0.3, 0.4) is 0 Å². The molecular weight excluding hydrogens is 562 g/mol. The van der Waals surface area contributed by atoms with Crippen molar-refractivity contribution < 1.29 is 25.2 Å². The van der Waals surface area contributed by atoms with Crippen molar-refractivity contribution in [1.29, 1.82) is 0 Å². The van der Waals surface area contributed by atoms with E-state index >= 15 is 0 Å². The molecule has 0 spiro atoms. The van der Waals surface area contributed by atoms with Crippen molar-refractivity contribution in [3.8, 4) is 0 Å². The van der Waals surface area contributed by atoms with E-state index in [1.807, 2.05) is 0 Å². The van der Waals surface area contributed by atoms with Gasteiger partial charge in [0.15, 0.2) is 0 Å². The minimum Gasteiger partial charge on any atom is -0.394 e. The molecule has 0 aromatic heterocycles. The molecule has 0 bridgehead atoms. The lowest BCUT2D eigenvalue weighted by Gasteiger charge is -2.27. The first-order chi connectivity index (χ1) is 22.0. The summed E-state index contributed by atoms with van der Waals surface area (Å²) in [6, 6.07) is -1.01. The third kappa shape index (κ3) is 28.5. The van der Waals surface area contributed by atoms with E-state index in [0.29, 0.717) is 19.3 Å². The highest BCUT2D eigenvalue weighted by atomic mass is 16.3. The van der Waals surface area contributed by atoms with E-state index < -0.39 is 36.9 Å². The summed E-state index contributed by atoms with van der Waals surface area (Å²) in [4.78, 5) is 12.4. The lowest BCUT2D eigenvalue weighted by atomic mass is 10.00. The van der Waals surface area contributed by atoms with E-state index in [1.54, 1.807) is 0 Å². The standard InChI is InChI=1S/C39H73NO5/c1-3-5-7-9-11-13-15-17-18-19-20-21-23-25-27-29-31-33-37(43)39(45)40-35(34-41)38(44)36(42)32-30-28-26-24-22-16-14-12-10-8-6-4-2/h12,14,20-21,24,26,35-38,41-44H,3-11,13,15-19,22-23,25,27-34H2,1-2H3,(H,40,45)/b14-12+,21-20-,26-24+. The molecule has 45 heavy (non-hydrogen) atoms. The van der Waals surface area contributed by atoms with Crippen LogP contribution in [0.1, 0.15) is 174 Å². The van der Waals surface area contributed by atoms with Gasteiger partial charge in [-0.2, -0.15) is 0 Å². The Morgan fingerprint density at radius 1 is 0.533 bits per heavy atom. The maximum atomic E-state index is 12.4. The van der Waals surface area contributed by atoms with Crippen molar-refractivity contribution in [1.82, 2.24) is 5.32 Å². The van der Waals surface area contributed by atoms with E-state index in [-0.39, 0.29) is 0 Å². The Morgan fingerprint density at radius 3 is 1.44 bits per heavy atom. The van der Waals surface area contributed by atoms with Gasteiger partial charge in [0.05, 0.1) is 18.8 Å². The Kier molecular flexibility index (Phi) is 32.8. The predicted molar refractivity (Wildman–Crippen MR) is 191 cm³/mol. The van der Waals surface area contributed by atoms with Gasteiger partial charge in [0.2, 0.25) is 5.91 Å². The van der Waals surface area contributed by atoms with Crippen LogP contribution in [-0.4, -0.2) is 57.3 Å². The van der Waals surface area contributed by atoms with Crippen LogP contribution in [0.15, 0.2) is 36.5 Å². The van der Waals surface area contributed by atoms with Crippen LogP contribution in [0, 0.1) is 0 Å². The summed E-state index contributed by atoms with van der Waals surface area (Å²) in [5.74, 6) is -0.609. The number of aliphatic hydroxyl groups is 4.